The molecular weight excluding hydrogens is 805 g/mol. The van der Waals surface area contributed by atoms with Crippen LogP contribution in [-0.4, -0.2) is 37.2 Å². The van der Waals surface area contributed by atoms with E-state index in [1.54, 1.807) is 0 Å². The van der Waals surface area contributed by atoms with Gasteiger partial charge in [0.25, 0.3) is 0 Å². The van der Waals surface area contributed by atoms with Crippen LogP contribution in [0, 0.1) is 0 Å². The number of esters is 3. The smallest absolute Gasteiger partial charge is 0.306 e. The molecule has 0 aliphatic rings. The highest BCUT2D eigenvalue weighted by molar-refractivity contribution is 5.71. The molecule has 0 aromatic heterocycles. The van der Waals surface area contributed by atoms with Crippen LogP contribution < -0.4 is 0 Å². The van der Waals surface area contributed by atoms with E-state index in [2.05, 4.69) is 130 Å². The van der Waals surface area contributed by atoms with Crippen LogP contribution in [0.5, 0.6) is 0 Å². The van der Waals surface area contributed by atoms with E-state index in [1.807, 2.05) is 0 Å². The zero-order valence-electron chi connectivity index (χ0n) is 42.0. The summed E-state index contributed by atoms with van der Waals surface area (Å²) in [7, 11) is 0. The molecule has 0 rings (SSSR count). The average Bonchev–Trinajstić information content (AvgIpc) is 3.30. The first kappa shape index (κ1) is 61.1. The molecule has 0 saturated carbocycles. The molecule has 6 nitrogen and oxygen atoms in total. The maximum Gasteiger partial charge on any atom is 0.306 e. The summed E-state index contributed by atoms with van der Waals surface area (Å²) in [6.45, 7) is 6.39. The predicted molar refractivity (Wildman–Crippen MR) is 279 cm³/mol. The first-order chi connectivity index (χ1) is 32.0. The first-order valence-electron chi connectivity index (χ1n) is 26.4. The summed E-state index contributed by atoms with van der Waals surface area (Å²) >= 11 is 0. The van der Waals surface area contributed by atoms with E-state index < -0.39 is 6.10 Å². The molecule has 1 unspecified atom stereocenters. The fraction of sp³-hybridized carbons (Fsp3) is 0.644. The lowest BCUT2D eigenvalue weighted by molar-refractivity contribution is -0.167. The normalized spacial score (nSPS) is 13.0. The van der Waals surface area contributed by atoms with Crippen LogP contribution in [0.2, 0.25) is 0 Å². The third kappa shape index (κ3) is 50.9. The molecule has 0 spiro atoms. The van der Waals surface area contributed by atoms with Crippen molar-refractivity contribution in [2.24, 2.45) is 0 Å². The number of hydrogen-bond acceptors (Lipinski definition) is 6. The second kappa shape index (κ2) is 52.7. The maximum absolute atomic E-state index is 12.8. The third-order valence-electron chi connectivity index (χ3n) is 10.8. The zero-order chi connectivity index (χ0) is 47.2. The van der Waals surface area contributed by atoms with E-state index in [9.17, 15) is 14.4 Å². The molecule has 6 heteroatoms. The van der Waals surface area contributed by atoms with Crippen LogP contribution in [0.4, 0.5) is 0 Å². The quantitative estimate of drug-likeness (QED) is 0.0199. The van der Waals surface area contributed by atoms with Gasteiger partial charge in [0.05, 0.1) is 0 Å². The van der Waals surface area contributed by atoms with Gasteiger partial charge in [-0.15, -0.1) is 0 Å². The number of rotatable bonds is 46. The van der Waals surface area contributed by atoms with Crippen molar-refractivity contribution >= 4 is 17.9 Å². The Morgan fingerprint density at radius 2 is 0.677 bits per heavy atom. The van der Waals surface area contributed by atoms with Gasteiger partial charge in [0, 0.05) is 19.3 Å². The van der Waals surface area contributed by atoms with Crippen molar-refractivity contribution in [3.8, 4) is 0 Å². The van der Waals surface area contributed by atoms with Crippen molar-refractivity contribution in [3.63, 3.8) is 0 Å². The van der Waals surface area contributed by atoms with Gasteiger partial charge in [0.2, 0.25) is 0 Å². The minimum atomic E-state index is -0.830. The number of carbonyl (C=O) groups is 3. The SMILES string of the molecule is CC/C=C\C/C=C\C/C=C\CCCCC(=O)OCC(COC(=O)CCCCCCC\C=C/C=C\C=C/CCCCCCC)OC(=O)CCC/C=C\C/C=C\C/C=C\CCCCCCCC. The van der Waals surface area contributed by atoms with E-state index in [-0.39, 0.29) is 37.5 Å². The lowest BCUT2D eigenvalue weighted by Crippen LogP contribution is -2.30. The van der Waals surface area contributed by atoms with Gasteiger partial charge < -0.3 is 14.2 Å². The topological polar surface area (TPSA) is 78.9 Å². The molecule has 0 saturated heterocycles. The minimum Gasteiger partial charge on any atom is -0.462 e. The summed E-state index contributed by atoms with van der Waals surface area (Å²) in [6, 6.07) is 0. The largest absolute Gasteiger partial charge is 0.462 e. The number of unbranched alkanes of at least 4 members (excludes halogenated alkanes) is 19. The van der Waals surface area contributed by atoms with E-state index >= 15 is 0 Å². The molecular formula is C59H96O6. The van der Waals surface area contributed by atoms with Gasteiger partial charge in [0.1, 0.15) is 13.2 Å². The van der Waals surface area contributed by atoms with Crippen LogP contribution in [0.1, 0.15) is 226 Å². The van der Waals surface area contributed by atoms with Crippen LogP contribution in [0.15, 0.2) is 109 Å². The second-order valence-corrected chi connectivity index (χ2v) is 17.1. The molecule has 65 heavy (non-hydrogen) atoms. The van der Waals surface area contributed by atoms with E-state index in [0.717, 1.165) is 96.3 Å². The fourth-order valence-corrected chi connectivity index (χ4v) is 6.83. The van der Waals surface area contributed by atoms with Crippen molar-refractivity contribution in [2.75, 3.05) is 13.2 Å². The van der Waals surface area contributed by atoms with Crippen molar-refractivity contribution in [2.45, 2.75) is 232 Å². The molecule has 0 heterocycles. The fourth-order valence-electron chi connectivity index (χ4n) is 6.83. The summed E-state index contributed by atoms with van der Waals surface area (Å²) in [4.78, 5) is 38.0. The molecule has 0 aliphatic carbocycles. The number of ether oxygens (including phenoxy) is 3. The molecule has 0 N–H and O–H groups in total. The number of carbonyl (C=O) groups excluding carboxylic acids is 3. The standard InChI is InChI=1S/C59H96O6/c1-4-7-10-13-16-19-22-25-27-29-31-32-34-37-40-43-46-49-52-58(61)64-55-56(54-63-57(60)51-48-45-42-39-36-24-21-18-15-12-9-6-3)65-59(62)53-50-47-44-41-38-35-33-30-28-26-23-20-17-14-11-8-5-2/h9,12,18,21-22,25-29,31-33,35-36,39,41,44,56H,4-8,10-11,13-17,19-20,23-24,30,34,37-38,40,42-43,45-55H2,1-3H3/b12-9-,21-18-,25-22-,28-26-,29-27-,32-31-,35-33-,39-36-,44-41-. The van der Waals surface area contributed by atoms with Gasteiger partial charge in [-0.25, -0.2) is 0 Å². The van der Waals surface area contributed by atoms with Crippen LogP contribution in [0.3, 0.4) is 0 Å². The Kier molecular flexibility index (Phi) is 49.5. The molecule has 0 aromatic rings. The van der Waals surface area contributed by atoms with Gasteiger partial charge >= 0.3 is 17.9 Å². The summed E-state index contributed by atoms with van der Waals surface area (Å²) in [6.07, 6.45) is 70.8. The van der Waals surface area contributed by atoms with E-state index in [1.165, 1.54) is 77.0 Å². The molecule has 0 radical (unpaired) electrons. The van der Waals surface area contributed by atoms with Crippen molar-refractivity contribution < 1.29 is 28.6 Å². The molecule has 1 atom stereocenters. The van der Waals surface area contributed by atoms with E-state index in [4.69, 9.17) is 14.2 Å². The number of hydrogen-bond donors (Lipinski definition) is 0. The highest BCUT2D eigenvalue weighted by Gasteiger charge is 2.19. The van der Waals surface area contributed by atoms with Gasteiger partial charge in [0.15, 0.2) is 6.10 Å². The molecule has 0 aliphatic heterocycles. The van der Waals surface area contributed by atoms with Gasteiger partial charge in [-0.1, -0.05) is 207 Å². The first-order valence-corrected chi connectivity index (χ1v) is 26.4. The van der Waals surface area contributed by atoms with Crippen LogP contribution in [-0.2, 0) is 28.6 Å². The Hall–Kier alpha value is -3.93. The van der Waals surface area contributed by atoms with Crippen molar-refractivity contribution in [3.05, 3.63) is 109 Å². The lowest BCUT2D eigenvalue weighted by atomic mass is 10.1. The molecule has 0 fully saturated rings. The Balaban J connectivity index is 4.55. The van der Waals surface area contributed by atoms with Crippen molar-refractivity contribution in [1.29, 1.82) is 0 Å². The van der Waals surface area contributed by atoms with Gasteiger partial charge in [-0.3, -0.25) is 14.4 Å². The Labute approximate surface area is 400 Å². The van der Waals surface area contributed by atoms with Gasteiger partial charge in [-0.2, -0.15) is 0 Å². The van der Waals surface area contributed by atoms with Crippen LogP contribution >= 0.6 is 0 Å². The average molecular weight is 901 g/mol. The second-order valence-electron chi connectivity index (χ2n) is 17.1. The molecule has 0 bridgehead atoms. The minimum absolute atomic E-state index is 0.123. The Morgan fingerprint density at radius 3 is 1.14 bits per heavy atom. The summed E-state index contributed by atoms with van der Waals surface area (Å²) in [5.41, 5.74) is 0. The molecule has 0 aromatic carbocycles. The number of allylic oxidation sites excluding steroid dienone is 18. The summed E-state index contributed by atoms with van der Waals surface area (Å²) in [5.74, 6) is -1.04. The van der Waals surface area contributed by atoms with Gasteiger partial charge in [-0.05, 0) is 109 Å². The monoisotopic (exact) mass is 901 g/mol. The Morgan fingerprint density at radius 1 is 0.338 bits per heavy atom. The maximum atomic E-state index is 12.8. The predicted octanol–water partition coefficient (Wildman–Crippen LogP) is 17.5. The molecule has 368 valence electrons. The zero-order valence-corrected chi connectivity index (χ0v) is 42.0. The molecule has 0 amide bonds. The third-order valence-corrected chi connectivity index (χ3v) is 10.8. The summed E-state index contributed by atoms with van der Waals surface area (Å²) < 4.78 is 16.7. The highest BCUT2D eigenvalue weighted by atomic mass is 16.6. The Bertz CT molecular complexity index is 1360. The highest BCUT2D eigenvalue weighted by Crippen LogP contribution is 2.12. The summed E-state index contributed by atoms with van der Waals surface area (Å²) in [5, 5.41) is 0. The van der Waals surface area contributed by atoms with E-state index in [0.29, 0.717) is 25.7 Å². The lowest BCUT2D eigenvalue weighted by Gasteiger charge is -2.18. The van der Waals surface area contributed by atoms with Crippen LogP contribution in [0.25, 0.3) is 0 Å². The van der Waals surface area contributed by atoms with Crippen molar-refractivity contribution in [1.82, 2.24) is 0 Å².